The number of rotatable bonds is 3. The van der Waals surface area contributed by atoms with E-state index in [-0.39, 0.29) is 17.9 Å². The van der Waals surface area contributed by atoms with E-state index in [4.69, 9.17) is 0 Å². The minimum atomic E-state index is -0.551. The summed E-state index contributed by atoms with van der Waals surface area (Å²) in [6.07, 6.45) is 1.20. The minimum absolute atomic E-state index is 0.0340. The zero-order chi connectivity index (χ0) is 15.7. The first-order chi connectivity index (χ1) is 10.5. The molecule has 1 aliphatic rings. The molecule has 4 atom stereocenters. The van der Waals surface area contributed by atoms with Crippen molar-refractivity contribution >= 4 is 16.9 Å². The molecular weight excluding hydrogens is 280 g/mol. The van der Waals surface area contributed by atoms with Crippen molar-refractivity contribution in [1.29, 1.82) is 0 Å². The van der Waals surface area contributed by atoms with Crippen LogP contribution in [0, 0.1) is 11.8 Å². The molecule has 0 saturated heterocycles. The van der Waals surface area contributed by atoms with E-state index in [9.17, 15) is 9.90 Å². The quantitative estimate of drug-likeness (QED) is 0.901. The second-order valence-corrected chi connectivity index (χ2v) is 6.34. The van der Waals surface area contributed by atoms with Crippen molar-refractivity contribution in [2.24, 2.45) is 11.8 Å². The highest BCUT2D eigenvalue weighted by Gasteiger charge is 2.37. The van der Waals surface area contributed by atoms with Gasteiger partial charge in [-0.25, -0.2) is 0 Å². The number of amides is 1. The highest BCUT2D eigenvalue weighted by Crippen LogP contribution is 2.36. The van der Waals surface area contributed by atoms with Gasteiger partial charge in [0.1, 0.15) is 11.0 Å². The van der Waals surface area contributed by atoms with Crippen LogP contribution in [-0.4, -0.2) is 38.7 Å². The lowest BCUT2D eigenvalue weighted by Crippen LogP contribution is -2.44. The topological polar surface area (TPSA) is 80.0 Å². The lowest BCUT2D eigenvalue weighted by molar-refractivity contribution is -0.119. The highest BCUT2D eigenvalue weighted by molar-refractivity contribution is 5.73. The van der Waals surface area contributed by atoms with Gasteiger partial charge in [-0.05, 0) is 30.9 Å². The molecule has 0 radical (unpaired) electrons. The Kier molecular flexibility index (Phi) is 4.11. The van der Waals surface area contributed by atoms with Gasteiger partial charge in [0.05, 0.1) is 12.1 Å². The number of aliphatic hydroxyl groups is 1. The normalized spacial score (nSPS) is 28.7. The van der Waals surface area contributed by atoms with Crippen LogP contribution >= 0.6 is 0 Å². The van der Waals surface area contributed by atoms with Gasteiger partial charge in [0.15, 0.2) is 0 Å². The number of carbonyl (C=O) groups excluding carboxylic acids is 1. The molecule has 1 amide bonds. The molecule has 0 bridgehead atoms. The molecule has 4 unspecified atom stereocenters. The van der Waals surface area contributed by atoms with Crippen LogP contribution in [0.25, 0.3) is 11.0 Å². The number of nitrogens with one attached hydrogen (secondary N) is 1. The van der Waals surface area contributed by atoms with Gasteiger partial charge in [-0.2, -0.15) is 15.0 Å². The summed E-state index contributed by atoms with van der Waals surface area (Å²) in [4.78, 5) is 12.8. The van der Waals surface area contributed by atoms with Gasteiger partial charge in [-0.1, -0.05) is 19.1 Å². The van der Waals surface area contributed by atoms with E-state index < -0.39 is 6.10 Å². The number of benzene rings is 1. The summed E-state index contributed by atoms with van der Waals surface area (Å²) in [5.74, 6) is 0.429. The molecule has 1 aliphatic carbocycles. The largest absolute Gasteiger partial charge is 0.390 e. The molecule has 6 nitrogen and oxygen atoms in total. The smallest absolute Gasteiger partial charge is 0.216 e. The highest BCUT2D eigenvalue weighted by atomic mass is 16.3. The third kappa shape index (κ3) is 2.97. The Balaban J connectivity index is 1.83. The molecule has 3 rings (SSSR count). The Hall–Kier alpha value is -1.95. The maximum Gasteiger partial charge on any atom is 0.216 e. The van der Waals surface area contributed by atoms with Crippen LogP contribution in [0.4, 0.5) is 0 Å². The summed E-state index contributed by atoms with van der Waals surface area (Å²) >= 11 is 0. The van der Waals surface area contributed by atoms with Crippen molar-refractivity contribution in [3.8, 4) is 0 Å². The molecule has 1 heterocycles. The molecule has 2 aromatic rings. The molecule has 6 heteroatoms. The van der Waals surface area contributed by atoms with Crippen LogP contribution in [-0.2, 0) is 4.79 Å². The van der Waals surface area contributed by atoms with E-state index in [1.165, 1.54) is 6.92 Å². The van der Waals surface area contributed by atoms with Crippen molar-refractivity contribution < 1.29 is 9.90 Å². The molecule has 1 saturated carbocycles. The van der Waals surface area contributed by atoms with Crippen LogP contribution in [0.5, 0.6) is 0 Å². The van der Waals surface area contributed by atoms with Crippen molar-refractivity contribution in [2.45, 2.75) is 38.8 Å². The van der Waals surface area contributed by atoms with Gasteiger partial charge >= 0.3 is 0 Å². The Bertz CT molecular complexity index is 636. The van der Waals surface area contributed by atoms with Gasteiger partial charge in [0, 0.05) is 19.4 Å². The van der Waals surface area contributed by atoms with E-state index in [1.54, 1.807) is 4.80 Å². The monoisotopic (exact) mass is 302 g/mol. The van der Waals surface area contributed by atoms with E-state index >= 15 is 0 Å². The summed E-state index contributed by atoms with van der Waals surface area (Å²) < 4.78 is 0. The van der Waals surface area contributed by atoms with Crippen LogP contribution in [0.1, 0.15) is 32.7 Å². The van der Waals surface area contributed by atoms with Crippen LogP contribution in [0.3, 0.4) is 0 Å². The van der Waals surface area contributed by atoms with Gasteiger partial charge in [0.2, 0.25) is 5.91 Å². The molecule has 1 fully saturated rings. The number of hydrogen-bond acceptors (Lipinski definition) is 4. The first-order valence-electron chi connectivity index (χ1n) is 7.78. The van der Waals surface area contributed by atoms with Crippen LogP contribution in [0.2, 0.25) is 0 Å². The second-order valence-electron chi connectivity index (χ2n) is 6.34. The molecule has 0 spiro atoms. The lowest BCUT2D eigenvalue weighted by atomic mass is 9.77. The van der Waals surface area contributed by atoms with Gasteiger partial charge in [0.25, 0.3) is 0 Å². The van der Waals surface area contributed by atoms with Crippen LogP contribution < -0.4 is 5.32 Å². The van der Waals surface area contributed by atoms with E-state index in [1.807, 2.05) is 24.3 Å². The molecule has 1 aromatic carbocycles. The number of aliphatic hydroxyl groups excluding tert-OH is 1. The number of nitrogens with zero attached hydrogens (tertiary/aromatic N) is 3. The molecule has 22 heavy (non-hydrogen) atoms. The van der Waals surface area contributed by atoms with E-state index in [2.05, 4.69) is 22.4 Å². The summed E-state index contributed by atoms with van der Waals surface area (Å²) in [7, 11) is 0. The predicted molar refractivity (Wildman–Crippen MR) is 83.1 cm³/mol. The Labute approximate surface area is 129 Å². The Morgan fingerprint density at radius 1 is 1.32 bits per heavy atom. The van der Waals surface area contributed by atoms with Gasteiger partial charge in [-0.3, -0.25) is 4.79 Å². The van der Waals surface area contributed by atoms with Crippen molar-refractivity contribution in [2.75, 3.05) is 6.54 Å². The SMILES string of the molecule is CC(=O)NCC1CC(C)CC(n2nc3ccccc3n2)C1O. The van der Waals surface area contributed by atoms with E-state index in [0.717, 1.165) is 23.9 Å². The van der Waals surface area contributed by atoms with Crippen molar-refractivity contribution in [1.82, 2.24) is 20.3 Å². The van der Waals surface area contributed by atoms with Crippen molar-refractivity contribution in [3.63, 3.8) is 0 Å². The third-order valence-electron chi connectivity index (χ3n) is 4.44. The molecule has 1 aromatic heterocycles. The molecular formula is C16H22N4O2. The fourth-order valence-corrected chi connectivity index (χ4v) is 3.35. The van der Waals surface area contributed by atoms with Crippen LogP contribution in [0.15, 0.2) is 24.3 Å². The molecule has 2 N–H and O–H groups in total. The lowest BCUT2D eigenvalue weighted by Gasteiger charge is -2.37. The zero-order valence-electron chi connectivity index (χ0n) is 12.9. The van der Waals surface area contributed by atoms with Gasteiger partial charge in [-0.15, -0.1) is 0 Å². The molecule has 0 aliphatic heterocycles. The maximum atomic E-state index is 11.1. The molecule has 118 valence electrons. The Morgan fingerprint density at radius 3 is 2.55 bits per heavy atom. The summed E-state index contributed by atoms with van der Waals surface area (Å²) in [5, 5.41) is 22.5. The number of hydrogen-bond donors (Lipinski definition) is 2. The van der Waals surface area contributed by atoms with Gasteiger partial charge < -0.3 is 10.4 Å². The fraction of sp³-hybridized carbons (Fsp3) is 0.562. The maximum absolute atomic E-state index is 11.1. The minimum Gasteiger partial charge on any atom is -0.390 e. The Morgan fingerprint density at radius 2 is 1.95 bits per heavy atom. The first-order valence-corrected chi connectivity index (χ1v) is 7.78. The second kappa shape index (κ2) is 6.04. The summed E-state index contributed by atoms with van der Waals surface area (Å²) in [6, 6.07) is 7.56. The standard InChI is InChI=1S/C16H22N4O2/c1-10-7-12(9-17-11(2)21)16(22)15(8-10)20-18-13-5-3-4-6-14(13)19-20/h3-6,10,12,15-16,22H,7-9H2,1-2H3,(H,17,21). The summed E-state index contributed by atoms with van der Waals surface area (Å²) in [6.45, 7) is 4.17. The predicted octanol–water partition coefficient (Wildman–Crippen LogP) is 1.52. The van der Waals surface area contributed by atoms with E-state index in [0.29, 0.717) is 12.5 Å². The number of fused-ring (bicyclic) bond motifs is 1. The number of carbonyl (C=O) groups is 1. The first kappa shape index (κ1) is 15.0. The number of aromatic nitrogens is 3. The fourth-order valence-electron chi connectivity index (χ4n) is 3.35. The third-order valence-corrected chi connectivity index (χ3v) is 4.44. The summed E-state index contributed by atoms with van der Waals surface area (Å²) in [5.41, 5.74) is 1.68. The zero-order valence-corrected chi connectivity index (χ0v) is 12.9. The van der Waals surface area contributed by atoms with Crippen molar-refractivity contribution in [3.05, 3.63) is 24.3 Å². The average molecular weight is 302 g/mol. The average Bonchev–Trinajstić information content (AvgIpc) is 2.91.